The molecule has 5 heteroatoms. The summed E-state index contributed by atoms with van der Waals surface area (Å²) in [6.07, 6.45) is 0.996. The first-order valence-electron chi connectivity index (χ1n) is 5.74. The van der Waals surface area contributed by atoms with Gasteiger partial charge < -0.3 is 10.7 Å². The molecule has 1 fully saturated rings. The van der Waals surface area contributed by atoms with E-state index in [9.17, 15) is 0 Å². The summed E-state index contributed by atoms with van der Waals surface area (Å²) in [7, 11) is 0. The molecule has 1 saturated heterocycles. The number of nitrogens with zero attached hydrogens (tertiary/aromatic N) is 1. The van der Waals surface area contributed by atoms with E-state index in [0.717, 1.165) is 25.1 Å². The van der Waals surface area contributed by atoms with Gasteiger partial charge in [0.15, 0.2) is 0 Å². The molecule has 3 rings (SSSR count). The summed E-state index contributed by atoms with van der Waals surface area (Å²) in [5, 5.41) is 9.21. The van der Waals surface area contributed by atoms with Crippen LogP contribution in [0.5, 0.6) is 0 Å². The van der Waals surface area contributed by atoms with Gasteiger partial charge in [0.05, 0.1) is 6.04 Å². The van der Waals surface area contributed by atoms with Crippen molar-refractivity contribution < 1.29 is 0 Å². The number of halogens is 2. The fourth-order valence-electron chi connectivity index (χ4n) is 2.54. The lowest BCUT2D eigenvalue weighted by Crippen LogP contribution is -2.38. The second kappa shape index (κ2) is 4.48. The Morgan fingerprint density at radius 1 is 1.24 bits per heavy atom. The Kier molecular flexibility index (Phi) is 2.99. The van der Waals surface area contributed by atoms with Crippen LogP contribution in [0.2, 0.25) is 10.0 Å². The Balaban J connectivity index is 1.96. The Bertz CT molecular complexity index is 453. The number of piperidine rings is 1. The van der Waals surface area contributed by atoms with Gasteiger partial charge in [0.2, 0.25) is 0 Å². The summed E-state index contributed by atoms with van der Waals surface area (Å²) in [4.78, 5) is 0. The fraction of sp³-hybridized carbons (Fsp3) is 0.417. The highest BCUT2D eigenvalue weighted by atomic mass is 35.5. The van der Waals surface area contributed by atoms with Crippen molar-refractivity contribution >= 4 is 28.9 Å². The minimum atomic E-state index is 0.0963. The van der Waals surface area contributed by atoms with E-state index in [1.54, 1.807) is 0 Å². The normalized spacial score (nSPS) is 27.3. The van der Waals surface area contributed by atoms with Gasteiger partial charge in [0, 0.05) is 46.7 Å². The second-order valence-electron chi connectivity index (χ2n) is 4.41. The predicted octanol–water partition coefficient (Wildman–Crippen LogP) is 2.60. The molecule has 2 aliphatic heterocycles. The van der Waals surface area contributed by atoms with Crippen molar-refractivity contribution in [2.45, 2.75) is 12.5 Å². The van der Waals surface area contributed by atoms with Crippen molar-refractivity contribution in [2.24, 2.45) is 11.0 Å². The van der Waals surface area contributed by atoms with E-state index in [0.29, 0.717) is 16.0 Å². The molecule has 1 aromatic rings. The number of benzene rings is 1. The van der Waals surface area contributed by atoms with Gasteiger partial charge in [-0.15, -0.1) is 0 Å². The van der Waals surface area contributed by atoms with Gasteiger partial charge in [0.25, 0.3) is 0 Å². The molecule has 0 aromatic heterocycles. The van der Waals surface area contributed by atoms with E-state index in [1.807, 2.05) is 18.2 Å². The van der Waals surface area contributed by atoms with Crippen LogP contribution in [0.4, 0.5) is 0 Å². The molecular weight excluding hydrogens is 257 g/mol. The summed E-state index contributed by atoms with van der Waals surface area (Å²) in [6.45, 7) is 1.93. The topological polar surface area (TPSA) is 36.4 Å². The van der Waals surface area contributed by atoms with Crippen LogP contribution in [0.1, 0.15) is 18.0 Å². The molecule has 90 valence electrons. The van der Waals surface area contributed by atoms with Crippen molar-refractivity contribution in [3.8, 4) is 0 Å². The lowest BCUT2D eigenvalue weighted by atomic mass is 9.87. The van der Waals surface area contributed by atoms with Gasteiger partial charge in [-0.3, -0.25) is 0 Å². The Morgan fingerprint density at radius 2 is 2.00 bits per heavy atom. The molecule has 1 aromatic carbocycles. The summed E-state index contributed by atoms with van der Waals surface area (Å²) < 4.78 is 0. The number of rotatable bonds is 1. The van der Waals surface area contributed by atoms with Gasteiger partial charge >= 0.3 is 0 Å². The first kappa shape index (κ1) is 11.3. The number of hydrogen-bond donors (Lipinski definition) is 2. The van der Waals surface area contributed by atoms with Gasteiger partial charge in [-0.1, -0.05) is 29.3 Å². The first-order valence-corrected chi connectivity index (χ1v) is 6.49. The molecule has 0 spiro atoms. The zero-order valence-corrected chi connectivity index (χ0v) is 10.7. The molecule has 0 amide bonds. The summed E-state index contributed by atoms with van der Waals surface area (Å²) in [6, 6.07) is 5.71. The summed E-state index contributed by atoms with van der Waals surface area (Å²) >= 11 is 12.5. The average Bonchev–Trinajstić information content (AvgIpc) is 2.73. The lowest BCUT2D eigenvalue weighted by Gasteiger charge is -2.26. The quantitative estimate of drug-likeness (QED) is 0.823. The van der Waals surface area contributed by atoms with Crippen molar-refractivity contribution in [1.82, 2.24) is 10.7 Å². The molecule has 2 atom stereocenters. The summed E-state index contributed by atoms with van der Waals surface area (Å²) in [5.41, 5.74) is 5.36. The maximum absolute atomic E-state index is 6.24. The molecular formula is C12H13Cl2N3. The van der Waals surface area contributed by atoms with Crippen molar-refractivity contribution in [1.29, 1.82) is 0 Å². The van der Waals surface area contributed by atoms with E-state index >= 15 is 0 Å². The van der Waals surface area contributed by atoms with Crippen LogP contribution >= 0.6 is 23.2 Å². The van der Waals surface area contributed by atoms with Crippen molar-refractivity contribution in [3.63, 3.8) is 0 Å². The van der Waals surface area contributed by atoms with Gasteiger partial charge in [-0.2, -0.15) is 5.10 Å². The molecule has 17 heavy (non-hydrogen) atoms. The number of fused-ring (bicyclic) bond motifs is 1. The standard InChI is InChI=1S/C12H13Cl2N3/c13-8-2-1-3-9(14)11(8)12-7-6-15-5-4-10(7)16-17-12/h1-3,7,12,15,17H,4-6H2. The third-order valence-electron chi connectivity index (χ3n) is 3.41. The largest absolute Gasteiger partial charge is 0.316 e. The molecule has 2 unspecified atom stereocenters. The Morgan fingerprint density at radius 3 is 2.76 bits per heavy atom. The highest BCUT2D eigenvalue weighted by Gasteiger charge is 2.36. The minimum absolute atomic E-state index is 0.0963. The first-order chi connectivity index (χ1) is 8.27. The van der Waals surface area contributed by atoms with E-state index in [1.165, 1.54) is 5.71 Å². The van der Waals surface area contributed by atoms with E-state index in [-0.39, 0.29) is 6.04 Å². The zero-order valence-electron chi connectivity index (χ0n) is 9.21. The van der Waals surface area contributed by atoms with E-state index < -0.39 is 0 Å². The molecule has 0 saturated carbocycles. The monoisotopic (exact) mass is 269 g/mol. The van der Waals surface area contributed by atoms with Crippen molar-refractivity contribution in [2.75, 3.05) is 13.1 Å². The zero-order chi connectivity index (χ0) is 11.8. The van der Waals surface area contributed by atoms with Crippen LogP contribution < -0.4 is 10.7 Å². The van der Waals surface area contributed by atoms with E-state index in [4.69, 9.17) is 23.2 Å². The minimum Gasteiger partial charge on any atom is -0.316 e. The maximum Gasteiger partial charge on any atom is 0.0811 e. The lowest BCUT2D eigenvalue weighted by molar-refractivity contribution is 0.451. The van der Waals surface area contributed by atoms with Crippen molar-refractivity contribution in [3.05, 3.63) is 33.8 Å². The van der Waals surface area contributed by atoms with Gasteiger partial charge in [0.1, 0.15) is 0 Å². The van der Waals surface area contributed by atoms with Crippen LogP contribution in [0.3, 0.4) is 0 Å². The molecule has 0 bridgehead atoms. The SMILES string of the molecule is Clc1cccc(Cl)c1C1NN=C2CCNCC21. The molecule has 2 heterocycles. The fourth-order valence-corrected chi connectivity index (χ4v) is 3.17. The Labute approximate surface area is 110 Å². The van der Waals surface area contributed by atoms with Gasteiger partial charge in [-0.05, 0) is 12.1 Å². The number of hydrogen-bond acceptors (Lipinski definition) is 3. The third-order valence-corrected chi connectivity index (χ3v) is 4.07. The smallest absolute Gasteiger partial charge is 0.0811 e. The van der Waals surface area contributed by atoms with Gasteiger partial charge in [-0.25, -0.2) is 0 Å². The molecule has 2 N–H and O–H groups in total. The van der Waals surface area contributed by atoms with Crippen LogP contribution in [-0.4, -0.2) is 18.8 Å². The maximum atomic E-state index is 6.24. The van der Waals surface area contributed by atoms with E-state index in [2.05, 4.69) is 15.8 Å². The van der Waals surface area contributed by atoms with Crippen LogP contribution in [-0.2, 0) is 0 Å². The highest BCUT2D eigenvalue weighted by molar-refractivity contribution is 6.36. The third kappa shape index (κ3) is 1.92. The molecule has 2 aliphatic rings. The van der Waals surface area contributed by atoms with Crippen LogP contribution in [0.15, 0.2) is 23.3 Å². The molecule has 3 nitrogen and oxygen atoms in total. The summed E-state index contributed by atoms with van der Waals surface area (Å²) in [5.74, 6) is 0.362. The highest BCUT2D eigenvalue weighted by Crippen LogP contribution is 2.37. The average molecular weight is 270 g/mol. The Hall–Kier alpha value is -0.770. The molecule has 0 radical (unpaired) electrons. The molecule has 0 aliphatic carbocycles. The second-order valence-corrected chi connectivity index (χ2v) is 5.22. The predicted molar refractivity (Wildman–Crippen MR) is 70.8 cm³/mol. The van der Waals surface area contributed by atoms with Crippen LogP contribution in [0.25, 0.3) is 0 Å². The number of hydrazone groups is 1. The number of nitrogens with one attached hydrogen (secondary N) is 2. The van der Waals surface area contributed by atoms with Crippen LogP contribution in [0, 0.1) is 5.92 Å².